The summed E-state index contributed by atoms with van der Waals surface area (Å²) in [6, 6.07) is 13.4. The predicted molar refractivity (Wildman–Crippen MR) is 144 cm³/mol. The summed E-state index contributed by atoms with van der Waals surface area (Å²) in [5, 5.41) is 6.76. The van der Waals surface area contributed by atoms with Crippen LogP contribution in [0.5, 0.6) is 11.5 Å². The highest BCUT2D eigenvalue weighted by atomic mass is 16.5. The second-order valence-corrected chi connectivity index (χ2v) is 8.97. The molecule has 0 saturated carbocycles. The summed E-state index contributed by atoms with van der Waals surface area (Å²) < 4.78 is 16.0. The SMILES string of the molecule is COc1ccc(CCNC(=O)CCC(=O)Nc2ccc3nc(N4CCOCC4)cc(C)c3c2)cc1OC. The topological polar surface area (TPSA) is 102 Å². The number of morpholine rings is 1. The Labute approximate surface area is 217 Å². The van der Waals surface area contributed by atoms with E-state index < -0.39 is 0 Å². The monoisotopic (exact) mass is 506 g/mol. The van der Waals surface area contributed by atoms with E-state index in [9.17, 15) is 9.59 Å². The largest absolute Gasteiger partial charge is 0.493 e. The number of aromatic nitrogens is 1. The van der Waals surface area contributed by atoms with E-state index in [1.807, 2.05) is 43.3 Å². The quantitative estimate of drug-likeness (QED) is 0.434. The number of benzene rings is 2. The molecule has 1 fully saturated rings. The summed E-state index contributed by atoms with van der Waals surface area (Å²) in [5.74, 6) is 1.90. The number of methoxy groups -OCH3 is 2. The standard InChI is InChI=1S/C28H34N4O5/c1-19-16-26(32-12-14-37-15-13-32)31-23-6-5-21(18-22(19)23)30-28(34)9-8-27(33)29-11-10-20-4-7-24(35-2)25(17-20)36-3/h4-7,16-18H,8-15H2,1-3H3,(H,29,33)(H,30,34). The summed E-state index contributed by atoms with van der Waals surface area (Å²) in [5.41, 5.74) is 3.69. The van der Waals surface area contributed by atoms with Gasteiger partial charge in [-0.15, -0.1) is 0 Å². The fraction of sp³-hybridized carbons (Fsp3) is 0.393. The highest BCUT2D eigenvalue weighted by molar-refractivity contribution is 5.96. The Balaban J connectivity index is 1.25. The van der Waals surface area contributed by atoms with Gasteiger partial charge in [-0.25, -0.2) is 4.98 Å². The molecule has 0 atom stereocenters. The van der Waals surface area contributed by atoms with Crippen LogP contribution < -0.4 is 25.0 Å². The lowest BCUT2D eigenvalue weighted by atomic mass is 10.1. The average molecular weight is 507 g/mol. The van der Waals surface area contributed by atoms with Gasteiger partial charge in [-0.2, -0.15) is 0 Å². The molecule has 0 bridgehead atoms. The number of ether oxygens (including phenoxy) is 3. The smallest absolute Gasteiger partial charge is 0.224 e. The lowest BCUT2D eigenvalue weighted by Gasteiger charge is -2.28. The van der Waals surface area contributed by atoms with Crippen molar-refractivity contribution < 1.29 is 23.8 Å². The third-order valence-corrected chi connectivity index (χ3v) is 6.38. The summed E-state index contributed by atoms with van der Waals surface area (Å²) >= 11 is 0. The molecule has 0 spiro atoms. The Morgan fingerprint density at radius 1 is 0.973 bits per heavy atom. The van der Waals surface area contributed by atoms with Gasteiger partial charge in [0.05, 0.1) is 33.0 Å². The van der Waals surface area contributed by atoms with Crippen molar-refractivity contribution in [2.75, 3.05) is 57.3 Å². The van der Waals surface area contributed by atoms with E-state index in [0.29, 0.717) is 43.4 Å². The van der Waals surface area contributed by atoms with Crippen LogP contribution in [-0.4, -0.2) is 63.9 Å². The van der Waals surface area contributed by atoms with Crippen LogP contribution >= 0.6 is 0 Å². The number of fused-ring (bicyclic) bond motifs is 1. The molecule has 9 heteroatoms. The van der Waals surface area contributed by atoms with E-state index in [0.717, 1.165) is 40.9 Å². The molecule has 2 N–H and O–H groups in total. The van der Waals surface area contributed by atoms with Gasteiger partial charge in [0.2, 0.25) is 11.8 Å². The molecule has 4 rings (SSSR count). The number of nitrogens with zero attached hydrogens (tertiary/aromatic N) is 2. The Bertz CT molecular complexity index is 1260. The lowest BCUT2D eigenvalue weighted by Crippen LogP contribution is -2.36. The average Bonchev–Trinajstić information content (AvgIpc) is 2.92. The minimum absolute atomic E-state index is 0.105. The molecule has 3 aromatic rings. The van der Waals surface area contributed by atoms with Crippen LogP contribution in [0.25, 0.3) is 10.9 Å². The summed E-state index contributed by atoms with van der Waals surface area (Å²) in [7, 11) is 3.18. The van der Waals surface area contributed by atoms with Crippen LogP contribution in [0.2, 0.25) is 0 Å². The van der Waals surface area contributed by atoms with E-state index in [2.05, 4.69) is 21.6 Å². The number of hydrogen-bond donors (Lipinski definition) is 2. The van der Waals surface area contributed by atoms with Gasteiger partial charge in [0, 0.05) is 43.5 Å². The number of rotatable bonds is 10. The molecule has 0 unspecified atom stereocenters. The maximum atomic E-state index is 12.5. The molecule has 2 aromatic carbocycles. The second kappa shape index (κ2) is 12.4. The van der Waals surface area contributed by atoms with Crippen LogP contribution in [0.15, 0.2) is 42.5 Å². The van der Waals surface area contributed by atoms with Crippen LogP contribution in [0.3, 0.4) is 0 Å². The van der Waals surface area contributed by atoms with E-state index >= 15 is 0 Å². The first kappa shape index (κ1) is 26.2. The van der Waals surface area contributed by atoms with E-state index in [-0.39, 0.29) is 24.7 Å². The number of anilines is 2. The van der Waals surface area contributed by atoms with Gasteiger partial charge < -0.3 is 29.7 Å². The first-order valence-electron chi connectivity index (χ1n) is 12.5. The van der Waals surface area contributed by atoms with Gasteiger partial charge in [-0.05, 0) is 60.9 Å². The number of carbonyl (C=O) groups is 2. The van der Waals surface area contributed by atoms with Crippen molar-refractivity contribution in [3.63, 3.8) is 0 Å². The van der Waals surface area contributed by atoms with Crippen LogP contribution in [0, 0.1) is 6.92 Å². The zero-order chi connectivity index (χ0) is 26.2. The van der Waals surface area contributed by atoms with Crippen molar-refractivity contribution in [2.45, 2.75) is 26.2 Å². The van der Waals surface area contributed by atoms with E-state index in [1.165, 1.54) is 0 Å². The molecule has 1 saturated heterocycles. The maximum Gasteiger partial charge on any atom is 0.224 e. The molecule has 9 nitrogen and oxygen atoms in total. The Hall–Kier alpha value is -3.85. The zero-order valence-corrected chi connectivity index (χ0v) is 21.6. The Morgan fingerprint density at radius 3 is 2.49 bits per heavy atom. The van der Waals surface area contributed by atoms with Crippen LogP contribution in [0.1, 0.15) is 24.0 Å². The number of pyridine rings is 1. The molecule has 1 aromatic heterocycles. The maximum absolute atomic E-state index is 12.5. The van der Waals surface area contributed by atoms with E-state index in [4.69, 9.17) is 19.2 Å². The highest BCUT2D eigenvalue weighted by Crippen LogP contribution is 2.28. The minimum atomic E-state index is -0.204. The molecular weight excluding hydrogens is 472 g/mol. The molecule has 37 heavy (non-hydrogen) atoms. The van der Waals surface area contributed by atoms with E-state index in [1.54, 1.807) is 14.2 Å². The molecule has 0 aliphatic carbocycles. The fourth-order valence-corrected chi connectivity index (χ4v) is 4.33. The van der Waals surface area contributed by atoms with Gasteiger partial charge in [-0.3, -0.25) is 9.59 Å². The highest BCUT2D eigenvalue weighted by Gasteiger charge is 2.15. The Kier molecular flexibility index (Phi) is 8.79. The molecule has 1 aliphatic rings. The molecule has 0 radical (unpaired) electrons. The Morgan fingerprint density at radius 2 is 1.73 bits per heavy atom. The molecule has 2 amide bonds. The first-order chi connectivity index (χ1) is 18.0. The van der Waals surface area contributed by atoms with Crippen molar-refractivity contribution in [3.8, 4) is 11.5 Å². The van der Waals surface area contributed by atoms with Gasteiger partial charge in [0.1, 0.15) is 5.82 Å². The summed E-state index contributed by atoms with van der Waals surface area (Å²) in [6.45, 7) is 5.59. The first-order valence-corrected chi connectivity index (χ1v) is 12.5. The third-order valence-electron chi connectivity index (χ3n) is 6.38. The third kappa shape index (κ3) is 6.89. The number of nitrogens with one attached hydrogen (secondary N) is 2. The van der Waals surface area contributed by atoms with Crippen molar-refractivity contribution >= 4 is 34.2 Å². The number of amides is 2. The van der Waals surface area contributed by atoms with Gasteiger partial charge in [-0.1, -0.05) is 6.07 Å². The summed E-state index contributed by atoms with van der Waals surface area (Å²) in [6.07, 6.45) is 0.873. The molecule has 1 aliphatic heterocycles. The van der Waals surface area contributed by atoms with Gasteiger partial charge >= 0.3 is 0 Å². The number of carbonyl (C=O) groups excluding carboxylic acids is 2. The van der Waals surface area contributed by atoms with Crippen LogP contribution in [0.4, 0.5) is 11.5 Å². The van der Waals surface area contributed by atoms with Crippen LogP contribution in [-0.2, 0) is 20.7 Å². The molecule has 2 heterocycles. The second-order valence-electron chi connectivity index (χ2n) is 8.97. The van der Waals surface area contributed by atoms with Gasteiger partial charge in [0.15, 0.2) is 11.5 Å². The lowest BCUT2D eigenvalue weighted by molar-refractivity contribution is -0.124. The van der Waals surface area contributed by atoms with Crippen molar-refractivity contribution in [1.29, 1.82) is 0 Å². The van der Waals surface area contributed by atoms with Gasteiger partial charge in [0.25, 0.3) is 0 Å². The predicted octanol–water partition coefficient (Wildman–Crippen LogP) is 3.47. The molecular formula is C28H34N4O5. The number of hydrogen-bond acceptors (Lipinski definition) is 7. The molecule has 196 valence electrons. The fourth-order valence-electron chi connectivity index (χ4n) is 4.33. The van der Waals surface area contributed by atoms with Crippen molar-refractivity contribution in [3.05, 3.63) is 53.6 Å². The minimum Gasteiger partial charge on any atom is -0.493 e. The van der Waals surface area contributed by atoms with Crippen molar-refractivity contribution in [2.24, 2.45) is 0 Å². The number of aryl methyl sites for hydroxylation is 1. The normalized spacial score (nSPS) is 13.3. The summed E-state index contributed by atoms with van der Waals surface area (Å²) in [4.78, 5) is 31.7. The van der Waals surface area contributed by atoms with Crippen molar-refractivity contribution in [1.82, 2.24) is 10.3 Å². The zero-order valence-electron chi connectivity index (χ0n) is 21.6.